The van der Waals surface area contributed by atoms with Gasteiger partial charge in [-0.05, 0) is 29.7 Å². The van der Waals surface area contributed by atoms with Gasteiger partial charge in [-0.3, -0.25) is 9.59 Å². The van der Waals surface area contributed by atoms with Crippen LogP contribution in [0.25, 0.3) is 0 Å². The molecule has 11 nitrogen and oxygen atoms in total. The van der Waals surface area contributed by atoms with Crippen LogP contribution in [-0.2, 0) is 22.6 Å². The molecule has 2 aromatic heterocycles. The number of hydrogen-bond acceptors (Lipinski definition) is 7. The zero-order valence-electron chi connectivity index (χ0n) is 15.8. The molecule has 3 N–H and O–H groups in total. The molecule has 0 saturated carbocycles. The molecule has 0 unspecified atom stereocenters. The smallest absolute Gasteiger partial charge is 0.244 e. The molecule has 2 aromatic rings. The number of aromatic nitrogens is 6. The summed E-state index contributed by atoms with van der Waals surface area (Å²) in [7, 11) is 0. The molecule has 2 aliphatic rings. The number of nitrogen functional groups attached to an aromatic ring is 1. The van der Waals surface area contributed by atoms with Crippen LogP contribution in [0, 0.1) is 5.41 Å². The van der Waals surface area contributed by atoms with Crippen molar-refractivity contribution in [2.75, 3.05) is 31.9 Å². The number of amides is 2. The Hall–Kier alpha value is -2.98. The highest BCUT2D eigenvalue weighted by Gasteiger charge is 2.42. The number of rotatable bonds is 5. The van der Waals surface area contributed by atoms with Crippen molar-refractivity contribution in [3.05, 3.63) is 18.2 Å². The maximum absolute atomic E-state index is 12.7. The Morgan fingerprint density at radius 1 is 1.32 bits per heavy atom. The predicted molar refractivity (Wildman–Crippen MR) is 98.6 cm³/mol. The van der Waals surface area contributed by atoms with E-state index in [0.29, 0.717) is 32.6 Å². The van der Waals surface area contributed by atoms with E-state index >= 15 is 0 Å². The normalized spacial score (nSPS) is 22.8. The summed E-state index contributed by atoms with van der Waals surface area (Å²) in [6.45, 7) is 2.76. The van der Waals surface area contributed by atoms with Gasteiger partial charge in [-0.2, -0.15) is 0 Å². The molecule has 2 aliphatic heterocycles. The van der Waals surface area contributed by atoms with Crippen molar-refractivity contribution in [3.8, 4) is 0 Å². The molecule has 0 aliphatic carbocycles. The topological polar surface area (TPSA) is 139 Å². The lowest BCUT2D eigenvalue weighted by Gasteiger charge is -2.48. The standard InChI is InChI=1S/C17H25N9O2/c18-16-21-22-23-26(16)9-15(28)24-6-1-4-17(10-24)5-2-14(27)25(11-17)7-3-13-8-19-12-20-13/h8,12H,1-7,9-11H2,(H,19,20)(H2,18,21,23)/t17-/m1/s1. The monoisotopic (exact) mass is 387 g/mol. The largest absolute Gasteiger partial charge is 0.367 e. The van der Waals surface area contributed by atoms with Crippen molar-refractivity contribution < 1.29 is 9.59 Å². The average molecular weight is 387 g/mol. The molecule has 4 heterocycles. The molecule has 28 heavy (non-hydrogen) atoms. The van der Waals surface area contributed by atoms with Gasteiger partial charge < -0.3 is 20.5 Å². The summed E-state index contributed by atoms with van der Waals surface area (Å²) in [4.78, 5) is 36.1. The van der Waals surface area contributed by atoms with Gasteiger partial charge in [-0.1, -0.05) is 5.10 Å². The van der Waals surface area contributed by atoms with E-state index in [1.165, 1.54) is 4.68 Å². The number of H-pyrrole nitrogens is 1. The minimum Gasteiger partial charge on any atom is -0.367 e. The lowest BCUT2D eigenvalue weighted by Crippen LogP contribution is -2.55. The Balaban J connectivity index is 1.39. The lowest BCUT2D eigenvalue weighted by molar-refractivity contribution is -0.143. The third kappa shape index (κ3) is 3.82. The Morgan fingerprint density at radius 3 is 2.96 bits per heavy atom. The summed E-state index contributed by atoms with van der Waals surface area (Å²) in [6.07, 6.45) is 7.50. The molecule has 0 aromatic carbocycles. The van der Waals surface area contributed by atoms with Gasteiger partial charge in [0.2, 0.25) is 17.8 Å². The quantitative estimate of drug-likeness (QED) is 0.702. The zero-order chi connectivity index (χ0) is 19.6. The van der Waals surface area contributed by atoms with Gasteiger partial charge in [0.15, 0.2) is 0 Å². The Kier molecular flexibility index (Phi) is 4.97. The summed E-state index contributed by atoms with van der Waals surface area (Å²) in [5.74, 6) is 0.280. The molecular weight excluding hydrogens is 362 g/mol. The van der Waals surface area contributed by atoms with Crippen molar-refractivity contribution in [2.24, 2.45) is 5.41 Å². The fourth-order valence-corrected chi connectivity index (χ4v) is 4.29. The first-order chi connectivity index (χ1) is 13.5. The molecule has 11 heteroatoms. The number of likely N-dealkylation sites (tertiary alicyclic amines) is 2. The lowest BCUT2D eigenvalue weighted by atomic mass is 9.73. The predicted octanol–water partition coefficient (Wildman–Crippen LogP) is -0.548. The highest BCUT2D eigenvalue weighted by atomic mass is 16.2. The first kappa shape index (κ1) is 18.4. The summed E-state index contributed by atoms with van der Waals surface area (Å²) in [5.41, 5.74) is 6.65. The number of tetrazole rings is 1. The van der Waals surface area contributed by atoms with Crippen molar-refractivity contribution in [1.29, 1.82) is 0 Å². The SMILES string of the molecule is Nc1nnnn1CC(=O)N1CCC[C@@]2(CCC(=O)N(CCc3cnc[nH]3)C2)C1. The van der Waals surface area contributed by atoms with E-state index in [1.54, 1.807) is 12.5 Å². The number of nitrogens with two attached hydrogens (primary N) is 1. The van der Waals surface area contributed by atoms with E-state index in [4.69, 9.17) is 5.73 Å². The van der Waals surface area contributed by atoms with E-state index in [0.717, 1.165) is 31.4 Å². The maximum Gasteiger partial charge on any atom is 0.244 e. The minimum absolute atomic E-state index is 0.0391. The van der Waals surface area contributed by atoms with Gasteiger partial charge in [0, 0.05) is 56.3 Å². The molecule has 2 saturated heterocycles. The number of imidazole rings is 1. The van der Waals surface area contributed by atoms with Crippen LogP contribution in [0.5, 0.6) is 0 Å². The number of carbonyl (C=O) groups is 2. The van der Waals surface area contributed by atoms with Crippen LogP contribution in [0.2, 0.25) is 0 Å². The van der Waals surface area contributed by atoms with Gasteiger partial charge in [-0.25, -0.2) is 9.67 Å². The van der Waals surface area contributed by atoms with Crippen LogP contribution in [0.15, 0.2) is 12.5 Å². The maximum atomic E-state index is 12.7. The fraction of sp³-hybridized carbons (Fsp3) is 0.647. The summed E-state index contributed by atoms with van der Waals surface area (Å²) < 4.78 is 1.31. The molecule has 4 rings (SSSR count). The third-order valence-corrected chi connectivity index (χ3v) is 5.81. The summed E-state index contributed by atoms with van der Waals surface area (Å²) in [5, 5.41) is 10.8. The van der Waals surface area contributed by atoms with E-state index in [-0.39, 0.29) is 29.7 Å². The van der Waals surface area contributed by atoms with Crippen LogP contribution < -0.4 is 5.73 Å². The second kappa shape index (κ2) is 7.56. The number of nitrogens with one attached hydrogen (secondary N) is 1. The average Bonchev–Trinajstić information content (AvgIpc) is 3.35. The zero-order valence-corrected chi connectivity index (χ0v) is 15.8. The molecular formula is C17H25N9O2. The van der Waals surface area contributed by atoms with Gasteiger partial charge in [0.1, 0.15) is 6.54 Å². The molecule has 1 spiro atoms. The summed E-state index contributed by atoms with van der Waals surface area (Å²) >= 11 is 0. The number of piperidine rings is 2. The number of anilines is 1. The minimum atomic E-state index is -0.0426. The van der Waals surface area contributed by atoms with Crippen molar-refractivity contribution in [3.63, 3.8) is 0 Å². The Morgan fingerprint density at radius 2 is 2.21 bits per heavy atom. The molecule has 2 fully saturated rings. The van der Waals surface area contributed by atoms with E-state index < -0.39 is 0 Å². The van der Waals surface area contributed by atoms with Crippen LogP contribution in [-0.4, -0.2) is 78.0 Å². The summed E-state index contributed by atoms with van der Waals surface area (Å²) in [6, 6.07) is 0. The molecule has 150 valence electrons. The number of aromatic amines is 1. The van der Waals surface area contributed by atoms with Gasteiger partial charge >= 0.3 is 0 Å². The van der Waals surface area contributed by atoms with Gasteiger partial charge in [-0.15, -0.1) is 0 Å². The van der Waals surface area contributed by atoms with Gasteiger partial charge in [0.25, 0.3) is 0 Å². The van der Waals surface area contributed by atoms with E-state index in [1.807, 2.05) is 9.80 Å². The van der Waals surface area contributed by atoms with Crippen molar-refractivity contribution in [2.45, 2.75) is 38.6 Å². The first-order valence-corrected chi connectivity index (χ1v) is 9.59. The third-order valence-electron chi connectivity index (χ3n) is 5.81. The molecule has 1 atom stereocenters. The number of nitrogens with zero attached hydrogens (tertiary/aromatic N) is 7. The number of carbonyl (C=O) groups excluding carboxylic acids is 2. The highest BCUT2D eigenvalue weighted by molar-refractivity contribution is 5.78. The Bertz CT molecular complexity index is 834. The molecule has 0 bridgehead atoms. The van der Waals surface area contributed by atoms with Crippen LogP contribution in [0.3, 0.4) is 0 Å². The van der Waals surface area contributed by atoms with E-state index in [2.05, 4.69) is 25.5 Å². The highest BCUT2D eigenvalue weighted by Crippen LogP contribution is 2.39. The fourth-order valence-electron chi connectivity index (χ4n) is 4.29. The number of hydrogen-bond donors (Lipinski definition) is 2. The van der Waals surface area contributed by atoms with Crippen molar-refractivity contribution in [1.82, 2.24) is 40.0 Å². The molecule has 2 amide bonds. The second-order valence-electron chi connectivity index (χ2n) is 7.76. The van der Waals surface area contributed by atoms with E-state index in [9.17, 15) is 9.59 Å². The van der Waals surface area contributed by atoms with Gasteiger partial charge in [0.05, 0.1) is 6.33 Å². The van der Waals surface area contributed by atoms with Crippen LogP contribution in [0.1, 0.15) is 31.4 Å². The Labute approximate surface area is 162 Å². The first-order valence-electron chi connectivity index (χ1n) is 9.59. The van der Waals surface area contributed by atoms with Crippen LogP contribution >= 0.6 is 0 Å². The molecule has 0 radical (unpaired) electrons. The van der Waals surface area contributed by atoms with Crippen molar-refractivity contribution >= 4 is 17.8 Å². The second-order valence-corrected chi connectivity index (χ2v) is 7.76. The van der Waals surface area contributed by atoms with Crippen LogP contribution in [0.4, 0.5) is 5.95 Å².